The van der Waals surface area contributed by atoms with Crippen molar-refractivity contribution in [3.63, 3.8) is 0 Å². The molecule has 1 N–H and O–H groups in total. The van der Waals surface area contributed by atoms with Gasteiger partial charge in [0, 0.05) is 13.1 Å². The Morgan fingerprint density at radius 3 is 2.44 bits per heavy atom. The molecule has 5 heteroatoms. The normalized spacial score (nSPS) is 43.9. The van der Waals surface area contributed by atoms with E-state index >= 15 is 0 Å². The maximum Gasteiger partial charge on any atom is 0.410 e. The molecule has 1 aliphatic heterocycles. The molecule has 2 amide bonds. The Hall–Kier alpha value is -1.26. The van der Waals surface area contributed by atoms with Crippen molar-refractivity contribution in [2.75, 3.05) is 19.6 Å². The number of rotatable bonds is 1. The van der Waals surface area contributed by atoms with Crippen LogP contribution in [0.2, 0.25) is 0 Å². The lowest BCUT2D eigenvalue weighted by molar-refractivity contribution is -0.124. The van der Waals surface area contributed by atoms with Gasteiger partial charge in [-0.15, -0.1) is 0 Å². The van der Waals surface area contributed by atoms with E-state index in [1.165, 1.54) is 51.4 Å². The topological polar surface area (TPSA) is 58.6 Å². The number of ether oxygens (including phenoxy) is 1. The van der Waals surface area contributed by atoms with Crippen LogP contribution in [0.25, 0.3) is 0 Å². The van der Waals surface area contributed by atoms with Crippen LogP contribution in [-0.2, 0) is 9.53 Å². The van der Waals surface area contributed by atoms with Crippen molar-refractivity contribution in [3.8, 4) is 0 Å². The van der Waals surface area contributed by atoms with E-state index in [2.05, 4.69) is 5.32 Å². The second kappa shape index (κ2) is 7.29. The minimum Gasteiger partial charge on any atom is -0.446 e. The highest BCUT2D eigenvalue weighted by atomic mass is 16.6. The van der Waals surface area contributed by atoms with Crippen LogP contribution < -0.4 is 5.32 Å². The number of carbonyl (C=O) groups is 2. The number of piperazine rings is 1. The van der Waals surface area contributed by atoms with Gasteiger partial charge in [-0.2, -0.15) is 0 Å². The van der Waals surface area contributed by atoms with Crippen molar-refractivity contribution in [3.05, 3.63) is 0 Å². The van der Waals surface area contributed by atoms with Crippen molar-refractivity contribution in [1.29, 1.82) is 0 Å². The minimum atomic E-state index is -0.284. The fourth-order valence-corrected chi connectivity index (χ4v) is 7.55. The van der Waals surface area contributed by atoms with Gasteiger partial charge in [-0.25, -0.2) is 4.79 Å². The first-order valence-electron chi connectivity index (χ1n) is 11.4. The lowest BCUT2D eigenvalue weighted by Gasteiger charge is -2.52. The second-order valence-electron chi connectivity index (χ2n) is 9.85. The van der Waals surface area contributed by atoms with E-state index in [4.69, 9.17) is 4.74 Å². The summed E-state index contributed by atoms with van der Waals surface area (Å²) in [5, 5.41) is 2.76. The Bertz CT molecular complexity index is 594. The van der Waals surface area contributed by atoms with E-state index in [0.717, 1.165) is 48.3 Å². The van der Waals surface area contributed by atoms with Gasteiger partial charge in [0.05, 0.1) is 0 Å². The van der Waals surface area contributed by atoms with Crippen LogP contribution in [-0.4, -0.2) is 42.6 Å². The van der Waals surface area contributed by atoms with Gasteiger partial charge in [0.15, 0.2) is 0 Å². The van der Waals surface area contributed by atoms with Gasteiger partial charge >= 0.3 is 6.09 Å². The second-order valence-corrected chi connectivity index (χ2v) is 9.85. The van der Waals surface area contributed by atoms with E-state index in [1.807, 2.05) is 0 Å². The maximum atomic E-state index is 12.4. The summed E-state index contributed by atoms with van der Waals surface area (Å²) in [5.41, 5.74) is 0. The maximum absolute atomic E-state index is 12.4. The average molecular weight is 375 g/mol. The first-order valence-corrected chi connectivity index (χ1v) is 11.4. The van der Waals surface area contributed by atoms with Gasteiger partial charge in [0.25, 0.3) is 0 Å². The van der Waals surface area contributed by atoms with Gasteiger partial charge < -0.3 is 10.1 Å². The molecule has 5 nitrogen and oxygen atoms in total. The highest BCUT2D eigenvalue weighted by molar-refractivity contribution is 5.83. The molecule has 0 aromatic heterocycles. The molecule has 4 aliphatic carbocycles. The number of hydrogen-bond acceptors (Lipinski definition) is 3. The minimum absolute atomic E-state index is 0.0584. The van der Waals surface area contributed by atoms with Crippen molar-refractivity contribution in [2.24, 2.45) is 35.5 Å². The summed E-state index contributed by atoms with van der Waals surface area (Å²) in [6.45, 7) is 1.24. The zero-order valence-corrected chi connectivity index (χ0v) is 16.4. The lowest BCUT2D eigenvalue weighted by atomic mass is 9.53. The molecule has 0 bridgehead atoms. The van der Waals surface area contributed by atoms with Crippen LogP contribution in [0, 0.1) is 35.5 Å². The number of nitrogens with one attached hydrogen (secondary N) is 1. The van der Waals surface area contributed by atoms with Crippen LogP contribution in [0.15, 0.2) is 0 Å². The Labute approximate surface area is 162 Å². The fourth-order valence-electron chi connectivity index (χ4n) is 7.55. The standard InChI is InChI=1S/C22H34N2O3/c25-21-13-24(11-10-23-21)22(26)27-16-6-9-18-15(12-16)5-8-19-17-3-1-2-14(17)4-7-20(18)19/h14-20H,1-13H2,(H,23,25). The first-order chi connectivity index (χ1) is 13.2. The number of carbonyl (C=O) groups excluding carboxylic acids is 2. The van der Waals surface area contributed by atoms with E-state index < -0.39 is 0 Å². The van der Waals surface area contributed by atoms with Crippen LogP contribution >= 0.6 is 0 Å². The van der Waals surface area contributed by atoms with Crippen LogP contribution in [0.5, 0.6) is 0 Å². The molecule has 7 unspecified atom stereocenters. The first kappa shape index (κ1) is 17.8. The average Bonchev–Trinajstić information content (AvgIpc) is 3.16. The third kappa shape index (κ3) is 3.36. The summed E-state index contributed by atoms with van der Waals surface area (Å²) in [7, 11) is 0. The quantitative estimate of drug-likeness (QED) is 0.763. The molecule has 5 rings (SSSR count). The third-order valence-electron chi connectivity index (χ3n) is 8.67. The summed E-state index contributed by atoms with van der Waals surface area (Å²) in [5.74, 6) is 5.57. The van der Waals surface area contributed by atoms with Crippen LogP contribution in [0.3, 0.4) is 0 Å². The van der Waals surface area contributed by atoms with E-state index in [1.54, 1.807) is 4.90 Å². The molecule has 5 aliphatic rings. The number of amides is 2. The van der Waals surface area contributed by atoms with Gasteiger partial charge in [-0.1, -0.05) is 12.8 Å². The largest absolute Gasteiger partial charge is 0.446 e. The predicted octanol–water partition coefficient (Wildman–Crippen LogP) is 3.58. The Kier molecular flexibility index (Phi) is 4.81. The molecule has 5 fully saturated rings. The van der Waals surface area contributed by atoms with Crippen molar-refractivity contribution in [2.45, 2.75) is 70.3 Å². The fraction of sp³-hybridized carbons (Fsp3) is 0.909. The molecule has 0 spiro atoms. The zero-order valence-electron chi connectivity index (χ0n) is 16.4. The number of hydrogen-bond donors (Lipinski definition) is 1. The summed E-state index contributed by atoms with van der Waals surface area (Å²) in [4.78, 5) is 25.5. The summed E-state index contributed by atoms with van der Waals surface area (Å²) in [6.07, 6.45) is 13.2. The molecule has 0 radical (unpaired) electrons. The lowest BCUT2D eigenvalue weighted by Crippen LogP contribution is -2.51. The van der Waals surface area contributed by atoms with Gasteiger partial charge in [0.2, 0.25) is 5.91 Å². The zero-order chi connectivity index (χ0) is 18.4. The highest BCUT2D eigenvalue weighted by Gasteiger charge is 2.49. The molecular formula is C22H34N2O3. The predicted molar refractivity (Wildman–Crippen MR) is 102 cm³/mol. The molecule has 150 valence electrons. The summed E-state index contributed by atoms with van der Waals surface area (Å²) < 4.78 is 5.84. The Morgan fingerprint density at radius 1 is 0.889 bits per heavy atom. The Balaban J connectivity index is 1.18. The van der Waals surface area contributed by atoms with Gasteiger partial charge in [-0.3, -0.25) is 9.69 Å². The van der Waals surface area contributed by atoms with Crippen LogP contribution in [0.1, 0.15) is 64.2 Å². The number of nitrogens with zero attached hydrogens (tertiary/aromatic N) is 1. The smallest absolute Gasteiger partial charge is 0.410 e. The van der Waals surface area contributed by atoms with E-state index in [9.17, 15) is 9.59 Å². The molecule has 0 aromatic rings. The van der Waals surface area contributed by atoms with E-state index in [0.29, 0.717) is 13.1 Å². The molecule has 27 heavy (non-hydrogen) atoms. The van der Waals surface area contributed by atoms with Gasteiger partial charge in [-0.05, 0) is 86.9 Å². The van der Waals surface area contributed by atoms with Crippen LogP contribution in [0.4, 0.5) is 4.79 Å². The molecule has 1 saturated heterocycles. The molecule has 0 aromatic carbocycles. The monoisotopic (exact) mass is 374 g/mol. The molecule has 7 atom stereocenters. The SMILES string of the molecule is O=C1CN(C(=O)OC2CCC3C(CCC4C5CCCC5CCC34)C2)CCN1. The van der Waals surface area contributed by atoms with Crippen molar-refractivity contribution in [1.82, 2.24) is 10.2 Å². The van der Waals surface area contributed by atoms with Crippen molar-refractivity contribution >= 4 is 12.0 Å². The molecular weight excluding hydrogens is 340 g/mol. The van der Waals surface area contributed by atoms with Crippen molar-refractivity contribution < 1.29 is 14.3 Å². The van der Waals surface area contributed by atoms with E-state index in [-0.39, 0.29) is 24.6 Å². The molecule has 4 saturated carbocycles. The third-order valence-corrected chi connectivity index (χ3v) is 8.67. The number of fused-ring (bicyclic) bond motifs is 5. The highest BCUT2D eigenvalue weighted by Crippen LogP contribution is 2.57. The summed E-state index contributed by atoms with van der Waals surface area (Å²) >= 11 is 0. The molecule has 1 heterocycles. The Morgan fingerprint density at radius 2 is 1.63 bits per heavy atom. The van der Waals surface area contributed by atoms with Gasteiger partial charge in [0.1, 0.15) is 12.6 Å². The summed E-state index contributed by atoms with van der Waals surface area (Å²) in [6, 6.07) is 0.